The monoisotopic (exact) mass is 499 g/mol. The van der Waals surface area contributed by atoms with E-state index in [1.165, 1.54) is 30.6 Å². The minimum absolute atomic E-state index is 0.120. The summed E-state index contributed by atoms with van der Waals surface area (Å²) in [5, 5.41) is 10.9. The Morgan fingerprint density at radius 3 is 2.77 bits per heavy atom. The number of methoxy groups -OCH3 is 1. The Morgan fingerprint density at radius 1 is 1.26 bits per heavy atom. The van der Waals surface area contributed by atoms with Crippen LogP contribution in [-0.4, -0.2) is 46.1 Å². The number of pyridine rings is 1. The van der Waals surface area contributed by atoms with E-state index in [0.717, 1.165) is 22.6 Å². The van der Waals surface area contributed by atoms with Gasteiger partial charge in [0.25, 0.3) is 5.69 Å². The summed E-state index contributed by atoms with van der Waals surface area (Å²) in [7, 11) is 5.20. The van der Waals surface area contributed by atoms with Gasteiger partial charge in [-0.2, -0.15) is 0 Å². The number of nitrogens with zero attached hydrogens (tertiary/aromatic N) is 5. The molecule has 0 aliphatic carbocycles. The Labute approximate surface area is 203 Å². The van der Waals surface area contributed by atoms with Crippen molar-refractivity contribution in [3.05, 3.63) is 58.7 Å². The van der Waals surface area contributed by atoms with Crippen molar-refractivity contribution < 1.29 is 23.6 Å². The number of anilines is 1. The van der Waals surface area contributed by atoms with E-state index in [0.29, 0.717) is 35.4 Å². The Hall–Kier alpha value is -4.06. The molecule has 0 bridgehead atoms. The van der Waals surface area contributed by atoms with E-state index in [9.17, 15) is 19.3 Å². The summed E-state index contributed by atoms with van der Waals surface area (Å²) in [5.41, 5.74) is 0.301. The maximum atomic E-state index is 14.4. The van der Waals surface area contributed by atoms with Crippen LogP contribution >= 0.6 is 11.3 Å². The molecule has 4 rings (SSSR count). The summed E-state index contributed by atoms with van der Waals surface area (Å²) < 4.78 is 27.4. The van der Waals surface area contributed by atoms with Crippen molar-refractivity contribution in [2.45, 2.75) is 12.8 Å². The molecule has 0 saturated heterocycles. The Bertz CT molecular complexity index is 1400. The highest BCUT2D eigenvalue weighted by Crippen LogP contribution is 2.40. The maximum absolute atomic E-state index is 14.4. The molecule has 4 aromatic rings. The van der Waals surface area contributed by atoms with Crippen molar-refractivity contribution in [3.63, 3.8) is 0 Å². The molecule has 0 aliphatic rings. The van der Waals surface area contributed by atoms with Gasteiger partial charge < -0.3 is 18.9 Å². The first kappa shape index (κ1) is 24.1. The highest BCUT2D eigenvalue weighted by molar-refractivity contribution is 7.22. The molecule has 0 fully saturated rings. The van der Waals surface area contributed by atoms with Gasteiger partial charge in [0, 0.05) is 45.4 Å². The first-order chi connectivity index (χ1) is 16.8. The number of fused-ring (bicyclic) bond motifs is 1. The van der Waals surface area contributed by atoms with Crippen molar-refractivity contribution in [3.8, 4) is 22.2 Å². The van der Waals surface area contributed by atoms with Gasteiger partial charge in [-0.05, 0) is 18.6 Å². The van der Waals surface area contributed by atoms with Gasteiger partial charge in [0.15, 0.2) is 17.4 Å². The Kier molecular flexibility index (Phi) is 6.92. The molecule has 0 N–H and O–H groups in total. The van der Waals surface area contributed by atoms with Crippen LogP contribution in [-0.2, 0) is 16.6 Å². The van der Waals surface area contributed by atoms with Crippen molar-refractivity contribution >= 4 is 39.0 Å². The molecule has 1 aromatic carbocycles. The zero-order chi connectivity index (χ0) is 25.1. The van der Waals surface area contributed by atoms with Crippen LogP contribution in [0.1, 0.15) is 12.8 Å². The molecule has 0 amide bonds. The number of hydrogen-bond acceptors (Lipinski definition) is 9. The lowest BCUT2D eigenvalue weighted by molar-refractivity contribution is -0.385. The Balaban J connectivity index is 1.58. The predicted octanol–water partition coefficient (Wildman–Crippen LogP) is 4.93. The number of halogens is 1. The van der Waals surface area contributed by atoms with Crippen LogP contribution in [0.15, 0.2) is 42.7 Å². The van der Waals surface area contributed by atoms with E-state index in [4.69, 9.17) is 4.74 Å². The minimum Gasteiger partial charge on any atom is -0.469 e. The van der Waals surface area contributed by atoms with Gasteiger partial charge in [-0.3, -0.25) is 19.9 Å². The van der Waals surface area contributed by atoms with E-state index in [-0.39, 0.29) is 17.4 Å². The number of non-ortho nitro benzene ring substituents is 1. The number of esters is 1. The van der Waals surface area contributed by atoms with E-state index >= 15 is 0 Å². The molecule has 3 aromatic heterocycles. The highest BCUT2D eigenvalue weighted by Gasteiger charge is 2.18. The number of imidazole rings is 1. The Morgan fingerprint density at radius 2 is 2.06 bits per heavy atom. The zero-order valence-electron chi connectivity index (χ0n) is 19.2. The van der Waals surface area contributed by atoms with Gasteiger partial charge in [-0.25, -0.2) is 9.37 Å². The molecular formula is C23H22FN5O5S. The molecule has 12 heteroatoms. The highest BCUT2D eigenvalue weighted by atomic mass is 32.1. The lowest BCUT2D eigenvalue weighted by atomic mass is 10.3. The first-order valence-electron chi connectivity index (χ1n) is 10.6. The molecule has 35 heavy (non-hydrogen) atoms. The fourth-order valence-corrected chi connectivity index (χ4v) is 4.67. The second-order valence-electron chi connectivity index (χ2n) is 7.71. The summed E-state index contributed by atoms with van der Waals surface area (Å²) in [6, 6.07) is 6.73. The number of aromatic nitrogens is 3. The third kappa shape index (κ3) is 5.06. The molecular weight excluding hydrogens is 477 g/mol. The average Bonchev–Trinajstić information content (AvgIpc) is 3.43. The van der Waals surface area contributed by atoms with Crippen molar-refractivity contribution in [1.29, 1.82) is 0 Å². The average molecular weight is 500 g/mol. The normalized spacial score (nSPS) is 11.0. The van der Waals surface area contributed by atoms with Crippen LogP contribution in [0.4, 0.5) is 15.9 Å². The molecule has 0 unspecified atom stereocenters. The molecule has 10 nitrogen and oxygen atoms in total. The number of ether oxygens (including phenoxy) is 2. The molecule has 0 aliphatic heterocycles. The molecule has 0 radical (unpaired) electrons. The predicted molar refractivity (Wildman–Crippen MR) is 129 cm³/mol. The van der Waals surface area contributed by atoms with E-state index in [2.05, 4.69) is 14.7 Å². The number of thiophene rings is 1. The summed E-state index contributed by atoms with van der Waals surface area (Å²) in [4.78, 5) is 33.3. The SMILES string of the molecule is COC(=O)CCCN(C)c1cnc(-c2cc3nccc(Oc4ccc([N+](=O)[O-])cc4F)c3s2)n1C. The smallest absolute Gasteiger partial charge is 0.305 e. The van der Waals surface area contributed by atoms with Crippen LogP contribution in [0.3, 0.4) is 0 Å². The molecule has 0 spiro atoms. The molecule has 0 atom stereocenters. The number of carbonyl (C=O) groups is 1. The van der Waals surface area contributed by atoms with Gasteiger partial charge in [-0.1, -0.05) is 0 Å². The quantitative estimate of drug-likeness (QED) is 0.181. The van der Waals surface area contributed by atoms with E-state index < -0.39 is 10.7 Å². The van der Waals surface area contributed by atoms with Crippen LogP contribution in [0.2, 0.25) is 0 Å². The van der Waals surface area contributed by atoms with Crippen LogP contribution in [0.5, 0.6) is 11.5 Å². The fraction of sp³-hybridized carbons (Fsp3) is 0.261. The fourth-order valence-electron chi connectivity index (χ4n) is 3.57. The van der Waals surface area contributed by atoms with Gasteiger partial charge in [0.1, 0.15) is 11.6 Å². The molecule has 182 valence electrons. The van der Waals surface area contributed by atoms with Crippen LogP contribution in [0.25, 0.3) is 20.9 Å². The summed E-state index contributed by atoms with van der Waals surface area (Å²) in [5.74, 6) is 0.785. The second kappa shape index (κ2) is 10.1. The number of carbonyl (C=O) groups excluding carboxylic acids is 1. The number of rotatable bonds is 9. The number of nitro benzene ring substituents is 1. The van der Waals surface area contributed by atoms with Crippen LogP contribution in [0, 0.1) is 15.9 Å². The van der Waals surface area contributed by atoms with Crippen LogP contribution < -0.4 is 9.64 Å². The number of hydrogen-bond donors (Lipinski definition) is 0. The zero-order valence-corrected chi connectivity index (χ0v) is 20.0. The largest absolute Gasteiger partial charge is 0.469 e. The second-order valence-corrected chi connectivity index (χ2v) is 8.76. The molecule has 3 heterocycles. The lowest BCUT2D eigenvalue weighted by Crippen LogP contribution is -2.21. The first-order valence-corrected chi connectivity index (χ1v) is 11.4. The maximum Gasteiger partial charge on any atom is 0.305 e. The van der Waals surface area contributed by atoms with Crippen molar-refractivity contribution in [2.75, 3.05) is 25.6 Å². The topological polar surface area (TPSA) is 113 Å². The third-order valence-electron chi connectivity index (χ3n) is 5.40. The lowest BCUT2D eigenvalue weighted by Gasteiger charge is -2.19. The van der Waals surface area contributed by atoms with Gasteiger partial charge in [-0.15, -0.1) is 11.3 Å². The summed E-state index contributed by atoms with van der Waals surface area (Å²) >= 11 is 1.39. The summed E-state index contributed by atoms with van der Waals surface area (Å²) in [6.45, 7) is 0.654. The van der Waals surface area contributed by atoms with E-state index in [1.807, 2.05) is 29.6 Å². The van der Waals surface area contributed by atoms with E-state index in [1.54, 1.807) is 18.5 Å². The summed E-state index contributed by atoms with van der Waals surface area (Å²) in [6.07, 6.45) is 4.30. The van der Waals surface area contributed by atoms with Gasteiger partial charge in [0.05, 0.1) is 39.4 Å². The molecule has 0 saturated carbocycles. The van der Waals surface area contributed by atoms with Crippen molar-refractivity contribution in [1.82, 2.24) is 14.5 Å². The van der Waals surface area contributed by atoms with Gasteiger partial charge in [0.2, 0.25) is 0 Å². The minimum atomic E-state index is -0.829. The number of nitro groups is 1. The number of benzene rings is 1. The standard InChI is InChI=1S/C23H22FN5O5S/c1-27(10-4-5-21(30)33-3)20-13-26-23(28(20)2)19-12-16-22(35-19)18(8-9-25-16)34-17-7-6-14(29(31)32)11-15(17)24/h6-9,11-13H,4-5,10H2,1-3H3. The van der Waals surface area contributed by atoms with Gasteiger partial charge >= 0.3 is 5.97 Å². The third-order valence-corrected chi connectivity index (χ3v) is 6.53. The van der Waals surface area contributed by atoms with Crippen molar-refractivity contribution in [2.24, 2.45) is 7.05 Å².